The number of nitrogens with two attached hydrogens (primary N) is 1. The molecule has 6 heteroatoms. The van der Waals surface area contributed by atoms with Crippen LogP contribution in [0.1, 0.15) is 46.5 Å². The summed E-state index contributed by atoms with van der Waals surface area (Å²) >= 11 is 0. The first-order valence-corrected chi connectivity index (χ1v) is 6.33. The molecular formula is C13H17N3O3. The maximum atomic E-state index is 12.0. The number of rotatable bonds is 3. The quantitative estimate of drug-likeness (QED) is 0.747. The lowest BCUT2D eigenvalue weighted by molar-refractivity contribution is 0.0689. The van der Waals surface area contributed by atoms with Crippen LogP contribution in [-0.2, 0) is 0 Å². The number of carboxylic acids is 1. The van der Waals surface area contributed by atoms with Gasteiger partial charge in [-0.2, -0.15) is 0 Å². The molecule has 1 fully saturated rings. The average Bonchev–Trinajstić information content (AvgIpc) is 2.41. The van der Waals surface area contributed by atoms with Gasteiger partial charge in [0.25, 0.3) is 5.91 Å². The Morgan fingerprint density at radius 1 is 1.32 bits per heavy atom. The maximum Gasteiger partial charge on any atom is 0.354 e. The number of aromatic nitrogens is 1. The maximum absolute atomic E-state index is 12.0. The average molecular weight is 263 g/mol. The molecule has 1 amide bonds. The number of hydrogen-bond donors (Lipinski definition) is 3. The van der Waals surface area contributed by atoms with E-state index in [-0.39, 0.29) is 23.7 Å². The molecule has 2 rings (SSSR count). The van der Waals surface area contributed by atoms with Crippen molar-refractivity contribution in [1.82, 2.24) is 10.3 Å². The Balaban J connectivity index is 2.01. The van der Waals surface area contributed by atoms with Gasteiger partial charge in [0, 0.05) is 18.3 Å². The summed E-state index contributed by atoms with van der Waals surface area (Å²) in [4.78, 5) is 26.4. The van der Waals surface area contributed by atoms with Crippen LogP contribution >= 0.6 is 0 Å². The molecule has 2 unspecified atom stereocenters. The second kappa shape index (κ2) is 5.79. The number of pyridine rings is 1. The molecular weight excluding hydrogens is 246 g/mol. The zero-order chi connectivity index (χ0) is 13.8. The van der Waals surface area contributed by atoms with Gasteiger partial charge in [-0.1, -0.05) is 12.8 Å². The molecule has 102 valence electrons. The van der Waals surface area contributed by atoms with Crippen molar-refractivity contribution in [3.8, 4) is 0 Å². The summed E-state index contributed by atoms with van der Waals surface area (Å²) in [5.41, 5.74) is 6.23. The molecule has 1 aliphatic rings. The molecule has 2 atom stereocenters. The molecule has 1 aliphatic carbocycles. The Kier molecular flexibility index (Phi) is 4.11. The van der Waals surface area contributed by atoms with E-state index in [9.17, 15) is 9.59 Å². The van der Waals surface area contributed by atoms with Crippen LogP contribution in [0.3, 0.4) is 0 Å². The van der Waals surface area contributed by atoms with Gasteiger partial charge in [-0.25, -0.2) is 9.78 Å². The fraction of sp³-hybridized carbons (Fsp3) is 0.462. The molecule has 0 radical (unpaired) electrons. The lowest BCUT2D eigenvalue weighted by Crippen LogP contribution is -2.49. The topological polar surface area (TPSA) is 105 Å². The standard InChI is InChI=1S/C13H17N3O3/c14-9-3-1-2-4-10(9)16-12(17)8-5-6-11(13(18)19)15-7-8/h5-7,9-10H,1-4,14H2,(H,16,17)(H,18,19). The van der Waals surface area contributed by atoms with E-state index in [0.29, 0.717) is 5.56 Å². The van der Waals surface area contributed by atoms with Gasteiger partial charge >= 0.3 is 5.97 Å². The van der Waals surface area contributed by atoms with E-state index in [1.807, 2.05) is 0 Å². The minimum Gasteiger partial charge on any atom is -0.477 e. The van der Waals surface area contributed by atoms with Crippen LogP contribution in [0, 0.1) is 0 Å². The summed E-state index contributed by atoms with van der Waals surface area (Å²) in [5.74, 6) is -1.37. The van der Waals surface area contributed by atoms with Gasteiger partial charge in [0.2, 0.25) is 0 Å². The molecule has 1 aromatic heterocycles. The van der Waals surface area contributed by atoms with E-state index >= 15 is 0 Å². The van der Waals surface area contributed by atoms with Gasteiger partial charge in [0.15, 0.2) is 0 Å². The number of carbonyl (C=O) groups excluding carboxylic acids is 1. The van der Waals surface area contributed by atoms with Crippen LogP contribution < -0.4 is 11.1 Å². The Morgan fingerprint density at radius 3 is 2.63 bits per heavy atom. The third-order valence-corrected chi connectivity index (χ3v) is 3.38. The molecule has 1 aromatic rings. The molecule has 4 N–H and O–H groups in total. The molecule has 0 aliphatic heterocycles. The first-order valence-electron chi connectivity index (χ1n) is 6.33. The summed E-state index contributed by atoms with van der Waals surface area (Å²) in [6.45, 7) is 0. The molecule has 6 nitrogen and oxygen atoms in total. The van der Waals surface area contributed by atoms with Crippen LogP contribution in [0.2, 0.25) is 0 Å². The highest BCUT2D eigenvalue weighted by atomic mass is 16.4. The summed E-state index contributed by atoms with van der Waals surface area (Å²) in [5, 5.41) is 11.6. The predicted molar refractivity (Wildman–Crippen MR) is 68.9 cm³/mol. The largest absolute Gasteiger partial charge is 0.477 e. The Hall–Kier alpha value is -1.95. The molecule has 1 heterocycles. The van der Waals surface area contributed by atoms with Gasteiger partial charge in [-0.05, 0) is 25.0 Å². The second-order valence-corrected chi connectivity index (χ2v) is 4.77. The van der Waals surface area contributed by atoms with Crippen molar-refractivity contribution in [1.29, 1.82) is 0 Å². The highest BCUT2D eigenvalue weighted by Gasteiger charge is 2.23. The van der Waals surface area contributed by atoms with E-state index in [0.717, 1.165) is 25.7 Å². The van der Waals surface area contributed by atoms with E-state index in [1.165, 1.54) is 18.3 Å². The molecule has 0 spiro atoms. The van der Waals surface area contributed by atoms with Gasteiger partial charge in [-0.3, -0.25) is 4.79 Å². The third-order valence-electron chi connectivity index (χ3n) is 3.38. The molecule has 1 saturated carbocycles. The van der Waals surface area contributed by atoms with Crippen molar-refractivity contribution in [3.63, 3.8) is 0 Å². The van der Waals surface area contributed by atoms with Crippen LogP contribution in [0.4, 0.5) is 0 Å². The molecule has 19 heavy (non-hydrogen) atoms. The van der Waals surface area contributed by atoms with E-state index < -0.39 is 5.97 Å². The minimum absolute atomic E-state index is 0.0102. The van der Waals surface area contributed by atoms with Crippen molar-refractivity contribution in [2.75, 3.05) is 0 Å². The molecule has 0 saturated heterocycles. The Labute approximate surface area is 111 Å². The van der Waals surface area contributed by atoms with Crippen LogP contribution in [0.5, 0.6) is 0 Å². The lowest BCUT2D eigenvalue weighted by Gasteiger charge is -2.29. The zero-order valence-electron chi connectivity index (χ0n) is 10.5. The highest BCUT2D eigenvalue weighted by Crippen LogP contribution is 2.17. The van der Waals surface area contributed by atoms with Gasteiger partial charge in [0.1, 0.15) is 5.69 Å². The SMILES string of the molecule is NC1CCCCC1NC(=O)c1ccc(C(=O)O)nc1. The Bertz CT molecular complexity index is 473. The number of hydrogen-bond acceptors (Lipinski definition) is 4. The summed E-state index contributed by atoms with van der Waals surface area (Å²) in [6, 6.07) is 2.75. The smallest absolute Gasteiger partial charge is 0.354 e. The van der Waals surface area contributed by atoms with Crippen LogP contribution in [-0.4, -0.2) is 34.1 Å². The van der Waals surface area contributed by atoms with E-state index in [2.05, 4.69) is 10.3 Å². The first kappa shape index (κ1) is 13.5. The zero-order valence-corrected chi connectivity index (χ0v) is 10.5. The number of nitrogens with zero attached hydrogens (tertiary/aromatic N) is 1. The molecule has 0 bridgehead atoms. The van der Waals surface area contributed by atoms with E-state index in [4.69, 9.17) is 10.8 Å². The predicted octanol–water partition coefficient (Wildman–Crippen LogP) is 0.779. The highest BCUT2D eigenvalue weighted by molar-refractivity contribution is 5.95. The van der Waals surface area contributed by atoms with Crippen LogP contribution in [0.25, 0.3) is 0 Å². The van der Waals surface area contributed by atoms with Gasteiger partial charge < -0.3 is 16.2 Å². The lowest BCUT2D eigenvalue weighted by atomic mass is 9.91. The van der Waals surface area contributed by atoms with Gasteiger partial charge in [0.05, 0.1) is 5.56 Å². The first-order chi connectivity index (χ1) is 9.08. The Morgan fingerprint density at radius 2 is 2.05 bits per heavy atom. The number of carbonyl (C=O) groups is 2. The number of carboxylic acid groups (broad SMARTS) is 1. The summed E-state index contributed by atoms with van der Waals surface area (Å²) in [7, 11) is 0. The fourth-order valence-corrected chi connectivity index (χ4v) is 2.25. The van der Waals surface area contributed by atoms with Crippen molar-refractivity contribution < 1.29 is 14.7 Å². The van der Waals surface area contributed by atoms with Crippen molar-refractivity contribution in [2.45, 2.75) is 37.8 Å². The van der Waals surface area contributed by atoms with E-state index in [1.54, 1.807) is 0 Å². The fourth-order valence-electron chi connectivity index (χ4n) is 2.25. The van der Waals surface area contributed by atoms with Gasteiger partial charge in [-0.15, -0.1) is 0 Å². The number of aromatic carboxylic acids is 1. The van der Waals surface area contributed by atoms with Crippen LogP contribution in [0.15, 0.2) is 18.3 Å². The van der Waals surface area contributed by atoms with Crippen molar-refractivity contribution in [3.05, 3.63) is 29.6 Å². The number of nitrogens with one attached hydrogen (secondary N) is 1. The number of amides is 1. The summed E-state index contributed by atoms with van der Waals surface area (Å²) in [6.07, 6.45) is 5.24. The third kappa shape index (κ3) is 3.29. The van der Waals surface area contributed by atoms with Crippen molar-refractivity contribution >= 4 is 11.9 Å². The summed E-state index contributed by atoms with van der Waals surface area (Å²) < 4.78 is 0. The molecule has 0 aromatic carbocycles. The minimum atomic E-state index is -1.11. The second-order valence-electron chi connectivity index (χ2n) is 4.77. The normalized spacial score (nSPS) is 22.8. The van der Waals surface area contributed by atoms with Crippen molar-refractivity contribution in [2.24, 2.45) is 5.73 Å². The monoisotopic (exact) mass is 263 g/mol.